The third-order valence-electron chi connectivity index (χ3n) is 3.73. The van der Waals surface area contributed by atoms with Crippen molar-refractivity contribution in [2.75, 3.05) is 14.2 Å². The highest BCUT2D eigenvalue weighted by Gasteiger charge is 2.11. The molecular formula is C19H22O5. The first-order valence-electron chi connectivity index (χ1n) is 7.75. The number of methoxy groups -OCH3 is 2. The van der Waals surface area contributed by atoms with Gasteiger partial charge in [-0.05, 0) is 41.8 Å². The van der Waals surface area contributed by atoms with Crippen molar-refractivity contribution in [3.8, 4) is 11.5 Å². The zero-order valence-corrected chi connectivity index (χ0v) is 14.1. The van der Waals surface area contributed by atoms with Crippen molar-refractivity contribution in [2.24, 2.45) is 0 Å². The first-order chi connectivity index (χ1) is 11.6. The van der Waals surface area contributed by atoms with Crippen LogP contribution in [-0.2, 0) is 11.3 Å². The van der Waals surface area contributed by atoms with Gasteiger partial charge < -0.3 is 19.3 Å². The van der Waals surface area contributed by atoms with Crippen molar-refractivity contribution in [3.63, 3.8) is 0 Å². The van der Waals surface area contributed by atoms with Crippen LogP contribution in [0.3, 0.4) is 0 Å². The van der Waals surface area contributed by atoms with Crippen LogP contribution in [-0.4, -0.2) is 25.3 Å². The van der Waals surface area contributed by atoms with Gasteiger partial charge in [0.2, 0.25) is 0 Å². The van der Waals surface area contributed by atoms with Gasteiger partial charge >= 0.3 is 5.97 Å². The zero-order valence-electron chi connectivity index (χ0n) is 14.1. The van der Waals surface area contributed by atoms with Crippen LogP contribution >= 0.6 is 0 Å². The third-order valence-corrected chi connectivity index (χ3v) is 3.73. The summed E-state index contributed by atoms with van der Waals surface area (Å²) in [6, 6.07) is 12.4. The lowest BCUT2D eigenvalue weighted by molar-refractivity contribution is 0.0600. The van der Waals surface area contributed by atoms with Gasteiger partial charge in [-0.25, -0.2) is 4.79 Å². The number of esters is 1. The lowest BCUT2D eigenvalue weighted by atomic mass is 10.1. The molecule has 0 unspecified atom stereocenters. The quantitative estimate of drug-likeness (QED) is 0.787. The summed E-state index contributed by atoms with van der Waals surface area (Å²) in [6.45, 7) is 2.26. The fourth-order valence-corrected chi connectivity index (χ4v) is 2.26. The normalized spacial score (nSPS) is 11.7. The molecule has 0 radical (unpaired) electrons. The molecule has 2 aromatic rings. The number of benzene rings is 2. The molecule has 0 aliphatic heterocycles. The molecule has 1 atom stereocenters. The third kappa shape index (κ3) is 4.26. The Balaban J connectivity index is 2.07. The number of carbonyl (C=O) groups is 1. The van der Waals surface area contributed by atoms with Gasteiger partial charge in [-0.15, -0.1) is 0 Å². The van der Waals surface area contributed by atoms with Crippen LogP contribution in [0.4, 0.5) is 0 Å². The predicted octanol–water partition coefficient (Wildman–Crippen LogP) is 3.50. The maximum absolute atomic E-state index is 11.4. The van der Waals surface area contributed by atoms with Gasteiger partial charge in [-0.3, -0.25) is 0 Å². The number of ether oxygens (including phenoxy) is 3. The summed E-state index contributed by atoms with van der Waals surface area (Å²) in [7, 11) is 2.92. The molecule has 5 heteroatoms. The van der Waals surface area contributed by atoms with E-state index < -0.39 is 6.10 Å². The maximum Gasteiger partial charge on any atom is 0.337 e. The predicted molar refractivity (Wildman–Crippen MR) is 90.4 cm³/mol. The van der Waals surface area contributed by atoms with Crippen LogP contribution in [0.5, 0.6) is 11.5 Å². The summed E-state index contributed by atoms with van der Waals surface area (Å²) >= 11 is 0. The molecule has 0 spiro atoms. The summed E-state index contributed by atoms with van der Waals surface area (Å²) in [6.07, 6.45) is 0.120. The molecular weight excluding hydrogens is 308 g/mol. The van der Waals surface area contributed by atoms with E-state index in [0.717, 1.165) is 11.1 Å². The van der Waals surface area contributed by atoms with E-state index in [1.165, 1.54) is 7.11 Å². The van der Waals surface area contributed by atoms with Crippen molar-refractivity contribution in [3.05, 3.63) is 59.2 Å². The Labute approximate surface area is 141 Å². The highest BCUT2D eigenvalue weighted by Crippen LogP contribution is 2.31. The van der Waals surface area contributed by atoms with Crippen LogP contribution in [0.15, 0.2) is 42.5 Å². The first-order valence-corrected chi connectivity index (χ1v) is 7.75. The van der Waals surface area contributed by atoms with Crippen molar-refractivity contribution >= 4 is 5.97 Å². The van der Waals surface area contributed by atoms with Gasteiger partial charge in [0.25, 0.3) is 0 Å². The van der Waals surface area contributed by atoms with Crippen molar-refractivity contribution < 1.29 is 24.1 Å². The molecule has 2 aromatic carbocycles. The number of rotatable bonds is 7. The van der Waals surface area contributed by atoms with E-state index in [9.17, 15) is 9.90 Å². The molecule has 0 saturated carbocycles. The smallest absolute Gasteiger partial charge is 0.337 e. The number of aliphatic hydroxyl groups excluding tert-OH is 1. The molecule has 24 heavy (non-hydrogen) atoms. The summed E-state index contributed by atoms with van der Waals surface area (Å²) in [4.78, 5) is 11.4. The van der Waals surface area contributed by atoms with Gasteiger partial charge in [-0.1, -0.05) is 25.1 Å². The minimum absolute atomic E-state index is 0.341. The van der Waals surface area contributed by atoms with Gasteiger partial charge in [0.05, 0.1) is 25.9 Å². The van der Waals surface area contributed by atoms with Crippen LogP contribution in [0.25, 0.3) is 0 Å². The van der Waals surface area contributed by atoms with E-state index in [1.807, 2.05) is 25.1 Å². The molecule has 0 heterocycles. The Bertz CT molecular complexity index is 679. The second-order valence-electron chi connectivity index (χ2n) is 5.31. The highest BCUT2D eigenvalue weighted by molar-refractivity contribution is 5.89. The van der Waals surface area contributed by atoms with Crippen LogP contribution in [0.2, 0.25) is 0 Å². The van der Waals surface area contributed by atoms with Gasteiger partial charge in [0.1, 0.15) is 6.61 Å². The van der Waals surface area contributed by atoms with Gasteiger partial charge in [0.15, 0.2) is 11.5 Å². The standard InChI is InChI=1S/C19H22O5/c1-4-16(20)15-9-10-17(18(11-15)22-2)24-12-13-5-7-14(8-6-13)19(21)23-3/h5-11,16,20H,4,12H2,1-3H3/t16-/m0/s1. The molecule has 0 aromatic heterocycles. The van der Waals surface area contributed by atoms with Gasteiger partial charge in [0, 0.05) is 0 Å². The Morgan fingerprint density at radius 3 is 2.38 bits per heavy atom. The van der Waals surface area contributed by atoms with E-state index >= 15 is 0 Å². The van der Waals surface area contributed by atoms with Crippen LogP contribution < -0.4 is 9.47 Å². The fourth-order valence-electron chi connectivity index (χ4n) is 2.26. The second-order valence-corrected chi connectivity index (χ2v) is 5.31. The number of hydrogen-bond acceptors (Lipinski definition) is 5. The molecule has 5 nitrogen and oxygen atoms in total. The molecule has 0 saturated heterocycles. The van der Waals surface area contributed by atoms with Crippen LogP contribution in [0.1, 0.15) is 40.9 Å². The summed E-state index contributed by atoms with van der Waals surface area (Å²) in [5, 5.41) is 9.91. The molecule has 0 amide bonds. The molecule has 128 valence electrons. The number of hydrogen-bond donors (Lipinski definition) is 1. The molecule has 0 fully saturated rings. The SMILES string of the molecule is CC[C@H](O)c1ccc(OCc2ccc(C(=O)OC)cc2)c(OC)c1. The van der Waals surface area contributed by atoms with Crippen molar-refractivity contribution in [1.82, 2.24) is 0 Å². The first kappa shape index (κ1) is 17.8. The molecule has 1 N–H and O–H groups in total. The Kier molecular flexibility index (Phi) is 6.21. The monoisotopic (exact) mass is 330 g/mol. The number of carbonyl (C=O) groups excluding carboxylic acids is 1. The summed E-state index contributed by atoms with van der Waals surface area (Å²) in [5.74, 6) is 0.807. The zero-order chi connectivity index (χ0) is 17.5. The summed E-state index contributed by atoms with van der Waals surface area (Å²) in [5.41, 5.74) is 2.21. The number of aliphatic hydroxyl groups is 1. The Morgan fingerprint density at radius 1 is 1.08 bits per heavy atom. The van der Waals surface area contributed by atoms with Crippen molar-refractivity contribution in [2.45, 2.75) is 26.1 Å². The molecule has 0 bridgehead atoms. The maximum atomic E-state index is 11.4. The van der Waals surface area contributed by atoms with E-state index in [-0.39, 0.29) is 5.97 Å². The highest BCUT2D eigenvalue weighted by atomic mass is 16.5. The van der Waals surface area contributed by atoms with Gasteiger partial charge in [-0.2, -0.15) is 0 Å². The second kappa shape index (κ2) is 8.36. The minimum atomic E-state index is -0.515. The molecule has 0 aliphatic carbocycles. The average Bonchev–Trinajstić information content (AvgIpc) is 2.65. The lowest BCUT2D eigenvalue weighted by Crippen LogP contribution is -2.03. The average molecular weight is 330 g/mol. The lowest BCUT2D eigenvalue weighted by Gasteiger charge is -2.14. The largest absolute Gasteiger partial charge is 0.493 e. The molecule has 0 aliphatic rings. The Morgan fingerprint density at radius 2 is 1.79 bits per heavy atom. The van der Waals surface area contributed by atoms with E-state index in [1.54, 1.807) is 31.4 Å². The summed E-state index contributed by atoms with van der Waals surface area (Å²) < 4.78 is 15.8. The topological polar surface area (TPSA) is 65.0 Å². The van der Waals surface area contributed by atoms with Crippen molar-refractivity contribution in [1.29, 1.82) is 0 Å². The van der Waals surface area contributed by atoms with Crippen LogP contribution in [0, 0.1) is 0 Å². The molecule has 2 rings (SSSR count). The fraction of sp³-hybridized carbons (Fsp3) is 0.316. The van der Waals surface area contributed by atoms with E-state index in [4.69, 9.17) is 9.47 Å². The van der Waals surface area contributed by atoms with E-state index in [0.29, 0.717) is 30.1 Å². The minimum Gasteiger partial charge on any atom is -0.493 e. The van der Waals surface area contributed by atoms with E-state index in [2.05, 4.69) is 4.74 Å². The Hall–Kier alpha value is -2.53.